The molecule has 0 saturated heterocycles. The molecule has 2 heterocycles. The quantitative estimate of drug-likeness (QED) is 0.530. The van der Waals surface area contributed by atoms with E-state index < -0.39 is 0 Å². The number of fused-ring (bicyclic) bond motifs is 3. The van der Waals surface area contributed by atoms with Gasteiger partial charge in [0.15, 0.2) is 18.2 Å². The molecule has 4 nitrogen and oxygen atoms in total. The third kappa shape index (κ3) is 1.91. The molecule has 0 unspecified atom stereocenters. The number of aromatic nitrogens is 2. The van der Waals surface area contributed by atoms with Crippen molar-refractivity contribution in [3.05, 3.63) is 54.0 Å². The van der Waals surface area contributed by atoms with E-state index in [-0.39, 0.29) is 0 Å². The molecule has 104 valence electrons. The Bertz CT molecular complexity index is 819. The van der Waals surface area contributed by atoms with E-state index in [1.54, 1.807) is 7.11 Å². The first-order valence-corrected chi connectivity index (χ1v) is 6.87. The smallest absolute Gasteiger partial charge is 0.227 e. The van der Waals surface area contributed by atoms with Crippen molar-refractivity contribution in [3.8, 4) is 28.5 Å². The summed E-state index contributed by atoms with van der Waals surface area (Å²) in [7, 11) is 3.67. The Hall–Kier alpha value is -2.62. The van der Waals surface area contributed by atoms with Gasteiger partial charge in [-0.3, -0.25) is 0 Å². The Balaban J connectivity index is 1.77. The Morgan fingerprint density at radius 1 is 1.19 bits per heavy atom. The van der Waals surface area contributed by atoms with Crippen molar-refractivity contribution in [2.24, 2.45) is 7.05 Å². The molecule has 3 aromatic rings. The van der Waals surface area contributed by atoms with E-state index in [2.05, 4.69) is 11.1 Å². The molecule has 2 aromatic heterocycles. The lowest BCUT2D eigenvalue weighted by Crippen LogP contribution is -2.25. The Labute approximate surface area is 122 Å². The van der Waals surface area contributed by atoms with E-state index in [1.807, 2.05) is 48.3 Å². The summed E-state index contributed by atoms with van der Waals surface area (Å²) in [5.41, 5.74) is 4.33. The second kappa shape index (κ2) is 4.45. The lowest BCUT2D eigenvalue weighted by atomic mass is 10.1. The van der Waals surface area contributed by atoms with Crippen LogP contribution in [0.25, 0.3) is 22.8 Å². The summed E-state index contributed by atoms with van der Waals surface area (Å²) in [6, 6.07) is 10.1. The van der Waals surface area contributed by atoms with E-state index in [0.717, 1.165) is 34.8 Å². The normalized spacial score (nSPS) is 12.1. The van der Waals surface area contributed by atoms with Crippen LogP contribution in [0.4, 0.5) is 0 Å². The first-order chi connectivity index (χ1) is 10.2. The third-order valence-corrected chi connectivity index (χ3v) is 3.84. The van der Waals surface area contributed by atoms with Crippen molar-refractivity contribution in [1.29, 1.82) is 0 Å². The van der Waals surface area contributed by atoms with Gasteiger partial charge in [-0.25, -0.2) is 9.55 Å². The number of nitrogens with zero attached hydrogens (tertiary/aromatic N) is 2. The topological polar surface area (TPSA) is 39.1 Å². The minimum atomic E-state index is 0.682. The number of oxazole rings is 1. The van der Waals surface area contributed by atoms with Crippen molar-refractivity contribution in [2.75, 3.05) is 7.11 Å². The molecule has 0 amide bonds. The molecule has 0 atom stereocenters. The van der Waals surface area contributed by atoms with E-state index in [9.17, 15) is 0 Å². The van der Waals surface area contributed by atoms with Crippen LogP contribution in [0.1, 0.15) is 11.3 Å². The molecule has 0 radical (unpaired) electrons. The summed E-state index contributed by atoms with van der Waals surface area (Å²) < 4.78 is 13.2. The van der Waals surface area contributed by atoms with Gasteiger partial charge in [0.05, 0.1) is 12.8 Å². The van der Waals surface area contributed by atoms with Crippen molar-refractivity contribution >= 4 is 0 Å². The van der Waals surface area contributed by atoms with Gasteiger partial charge in [-0.15, -0.1) is 0 Å². The Morgan fingerprint density at radius 2 is 2.00 bits per heavy atom. The van der Waals surface area contributed by atoms with Crippen molar-refractivity contribution in [1.82, 2.24) is 4.98 Å². The number of hydrogen-bond donors (Lipinski definition) is 0. The maximum Gasteiger partial charge on any atom is 0.227 e. The predicted molar refractivity (Wildman–Crippen MR) is 77.9 cm³/mol. The highest BCUT2D eigenvalue weighted by Gasteiger charge is 2.26. The number of benzene rings is 1. The molecule has 1 aromatic carbocycles. The highest BCUT2D eigenvalue weighted by Crippen LogP contribution is 2.40. The number of rotatable bonds is 2. The van der Waals surface area contributed by atoms with Gasteiger partial charge >= 0.3 is 0 Å². The Kier molecular flexibility index (Phi) is 2.57. The molecule has 0 saturated carbocycles. The molecule has 4 heteroatoms. The lowest BCUT2D eigenvalue weighted by Gasteiger charge is -2.03. The standard InChI is InChI=1S/C17H15N2O2/c1-19-7-5-11(6-8-19)17-18-15-10-12-9-13(20-2)3-4-14(12)16(15)21-17/h3-9H,10H2,1-2H3/q+1. The molecule has 21 heavy (non-hydrogen) atoms. The summed E-state index contributed by atoms with van der Waals surface area (Å²) >= 11 is 0. The van der Waals surface area contributed by atoms with Crippen LogP contribution in [0, 0.1) is 0 Å². The second-order valence-corrected chi connectivity index (χ2v) is 5.25. The van der Waals surface area contributed by atoms with Crippen LogP contribution >= 0.6 is 0 Å². The zero-order valence-corrected chi connectivity index (χ0v) is 12.0. The molecular weight excluding hydrogens is 264 g/mol. The molecule has 0 aliphatic heterocycles. The molecule has 0 spiro atoms. The van der Waals surface area contributed by atoms with Gasteiger partial charge in [-0.05, 0) is 23.8 Å². The fourth-order valence-corrected chi connectivity index (χ4v) is 2.69. The first-order valence-electron chi connectivity index (χ1n) is 6.87. The summed E-state index contributed by atoms with van der Waals surface area (Å²) in [4.78, 5) is 4.64. The molecule has 1 aliphatic rings. The lowest BCUT2D eigenvalue weighted by molar-refractivity contribution is -0.671. The maximum absolute atomic E-state index is 5.99. The number of aryl methyl sites for hydroxylation is 1. The van der Waals surface area contributed by atoms with Crippen LogP contribution < -0.4 is 9.30 Å². The van der Waals surface area contributed by atoms with Gasteiger partial charge in [0.25, 0.3) is 0 Å². The van der Waals surface area contributed by atoms with Crippen LogP contribution in [0.15, 0.2) is 47.1 Å². The van der Waals surface area contributed by atoms with Crippen molar-refractivity contribution in [3.63, 3.8) is 0 Å². The summed E-state index contributed by atoms with van der Waals surface area (Å²) in [5.74, 6) is 2.44. The average molecular weight is 279 g/mol. The number of pyridine rings is 1. The molecule has 1 aliphatic carbocycles. The van der Waals surface area contributed by atoms with E-state index in [1.165, 1.54) is 5.56 Å². The van der Waals surface area contributed by atoms with E-state index in [0.29, 0.717) is 5.89 Å². The minimum Gasteiger partial charge on any atom is -0.497 e. The van der Waals surface area contributed by atoms with Gasteiger partial charge in [0, 0.05) is 29.7 Å². The fourth-order valence-electron chi connectivity index (χ4n) is 2.69. The third-order valence-electron chi connectivity index (χ3n) is 3.84. The second-order valence-electron chi connectivity index (χ2n) is 5.25. The Morgan fingerprint density at radius 3 is 2.76 bits per heavy atom. The van der Waals surface area contributed by atoms with Gasteiger partial charge < -0.3 is 9.15 Å². The first kappa shape index (κ1) is 12.1. The van der Waals surface area contributed by atoms with E-state index in [4.69, 9.17) is 9.15 Å². The van der Waals surface area contributed by atoms with Gasteiger partial charge in [-0.1, -0.05) is 0 Å². The van der Waals surface area contributed by atoms with Gasteiger partial charge in [0.1, 0.15) is 12.8 Å². The van der Waals surface area contributed by atoms with Crippen molar-refractivity contribution < 1.29 is 13.7 Å². The fraction of sp³-hybridized carbons (Fsp3) is 0.176. The summed E-state index contributed by atoms with van der Waals surface area (Å²) in [6.45, 7) is 0. The monoisotopic (exact) mass is 279 g/mol. The molecule has 0 fully saturated rings. The summed E-state index contributed by atoms with van der Waals surface area (Å²) in [5, 5.41) is 0. The molecule has 0 bridgehead atoms. The van der Waals surface area contributed by atoms with Crippen LogP contribution in [0.3, 0.4) is 0 Å². The zero-order chi connectivity index (χ0) is 14.4. The van der Waals surface area contributed by atoms with Gasteiger partial charge in [-0.2, -0.15) is 0 Å². The molecule has 0 N–H and O–H groups in total. The van der Waals surface area contributed by atoms with Crippen LogP contribution in [0.2, 0.25) is 0 Å². The number of hydrogen-bond acceptors (Lipinski definition) is 3. The van der Waals surface area contributed by atoms with Crippen molar-refractivity contribution in [2.45, 2.75) is 6.42 Å². The zero-order valence-electron chi connectivity index (χ0n) is 12.0. The predicted octanol–water partition coefficient (Wildman–Crippen LogP) is 2.75. The van der Waals surface area contributed by atoms with Crippen LogP contribution in [-0.4, -0.2) is 12.1 Å². The average Bonchev–Trinajstić information content (AvgIpc) is 3.04. The maximum atomic E-state index is 5.99. The van der Waals surface area contributed by atoms with Crippen LogP contribution in [-0.2, 0) is 13.5 Å². The highest BCUT2D eigenvalue weighted by molar-refractivity contribution is 5.73. The number of ether oxygens (including phenoxy) is 1. The van der Waals surface area contributed by atoms with Crippen LogP contribution in [0.5, 0.6) is 5.75 Å². The van der Waals surface area contributed by atoms with Gasteiger partial charge in [0.2, 0.25) is 5.89 Å². The molecular formula is C17H15N2O2+. The minimum absolute atomic E-state index is 0.682. The highest BCUT2D eigenvalue weighted by atomic mass is 16.5. The van der Waals surface area contributed by atoms with E-state index >= 15 is 0 Å². The number of methoxy groups -OCH3 is 1. The molecule has 4 rings (SSSR count). The summed E-state index contributed by atoms with van der Waals surface area (Å²) in [6.07, 6.45) is 4.78. The SMILES string of the molecule is COc1ccc2c(c1)Cc1nc(-c3cc[n+](C)cc3)oc1-2. The largest absolute Gasteiger partial charge is 0.497 e.